The van der Waals surface area contributed by atoms with E-state index in [1.165, 1.54) is 64.5 Å². The zero-order valence-corrected chi connectivity index (χ0v) is 18.3. The monoisotopic (exact) mass is 412 g/mol. The highest BCUT2D eigenvalue weighted by molar-refractivity contribution is 5.65. The molecule has 2 fully saturated rings. The molecule has 2 saturated carbocycles. The van der Waals surface area contributed by atoms with Gasteiger partial charge in [0.2, 0.25) is 0 Å². The van der Waals surface area contributed by atoms with Crippen LogP contribution in [-0.2, 0) is 0 Å². The van der Waals surface area contributed by atoms with Crippen molar-refractivity contribution in [2.45, 2.75) is 70.6 Å². The first-order valence-corrected chi connectivity index (χ1v) is 11.7. The second-order valence-corrected chi connectivity index (χ2v) is 9.44. The Kier molecular flexibility index (Phi) is 6.75. The van der Waals surface area contributed by atoms with Crippen molar-refractivity contribution >= 4 is 0 Å². The van der Waals surface area contributed by atoms with E-state index in [0.29, 0.717) is 17.0 Å². The number of hydrogen-bond donors (Lipinski definition) is 0. The van der Waals surface area contributed by atoms with Crippen molar-refractivity contribution < 1.29 is 13.5 Å². The summed E-state index contributed by atoms with van der Waals surface area (Å²) < 4.78 is 34.0. The second kappa shape index (κ2) is 9.49. The standard InChI is InChI=1S/C27H34F2O/c1-3-4-5-18-6-7-20-15-21(9-8-19(20)14-18)22-10-12-24(25(28)16-22)23-11-13-27(30-2)26(29)17-23/h10-13,16-21H,3-9,14-15H2,1-2H3/t18?,19-,20-,21-/m1/s1. The van der Waals surface area contributed by atoms with Gasteiger partial charge in [-0.2, -0.15) is 0 Å². The van der Waals surface area contributed by atoms with E-state index in [1.807, 2.05) is 6.07 Å². The fourth-order valence-electron chi connectivity index (χ4n) is 5.90. The van der Waals surface area contributed by atoms with Gasteiger partial charge in [0.05, 0.1) is 7.11 Å². The number of unbranched alkanes of at least 4 members (excludes halogenated alkanes) is 1. The molecule has 0 bridgehead atoms. The van der Waals surface area contributed by atoms with Gasteiger partial charge in [-0.05, 0) is 85.1 Å². The minimum atomic E-state index is -0.466. The molecule has 0 radical (unpaired) electrons. The largest absolute Gasteiger partial charge is 0.494 e. The third-order valence-electron chi connectivity index (χ3n) is 7.61. The number of hydrogen-bond acceptors (Lipinski definition) is 1. The lowest BCUT2D eigenvalue weighted by atomic mass is 9.63. The molecule has 1 unspecified atom stereocenters. The molecule has 0 heterocycles. The molecule has 2 aliphatic rings. The smallest absolute Gasteiger partial charge is 0.165 e. The average Bonchev–Trinajstić information content (AvgIpc) is 2.77. The SMILES string of the molecule is CCCCC1CC[C@@H]2C[C@H](c3ccc(-c4ccc(OC)c(F)c4)c(F)c3)CC[C@@H]2C1. The number of rotatable bonds is 6. The van der Waals surface area contributed by atoms with Crippen LogP contribution in [0.2, 0.25) is 0 Å². The molecule has 0 aromatic heterocycles. The van der Waals surface area contributed by atoms with Crippen LogP contribution < -0.4 is 4.74 Å². The molecule has 162 valence electrons. The predicted molar refractivity (Wildman–Crippen MR) is 119 cm³/mol. The Labute approximate surface area is 179 Å². The fraction of sp³-hybridized carbons (Fsp3) is 0.556. The molecule has 1 nitrogen and oxygen atoms in total. The third-order valence-corrected chi connectivity index (χ3v) is 7.61. The molecule has 30 heavy (non-hydrogen) atoms. The van der Waals surface area contributed by atoms with Crippen molar-refractivity contribution in [3.63, 3.8) is 0 Å². The summed E-state index contributed by atoms with van der Waals surface area (Å²) in [4.78, 5) is 0. The molecule has 0 saturated heterocycles. The first-order chi connectivity index (χ1) is 14.6. The summed E-state index contributed by atoms with van der Waals surface area (Å²) in [5, 5.41) is 0. The zero-order valence-electron chi connectivity index (χ0n) is 18.3. The van der Waals surface area contributed by atoms with Crippen LogP contribution in [0, 0.1) is 29.4 Å². The van der Waals surface area contributed by atoms with Crippen molar-refractivity contribution in [1.29, 1.82) is 0 Å². The van der Waals surface area contributed by atoms with E-state index in [4.69, 9.17) is 4.74 Å². The summed E-state index contributed by atoms with van der Waals surface area (Å²) in [6.07, 6.45) is 11.9. The molecule has 0 amide bonds. The van der Waals surface area contributed by atoms with Crippen LogP contribution in [0.3, 0.4) is 0 Å². The van der Waals surface area contributed by atoms with Gasteiger partial charge in [0.1, 0.15) is 5.82 Å². The highest BCUT2D eigenvalue weighted by Crippen LogP contribution is 2.48. The van der Waals surface area contributed by atoms with Crippen molar-refractivity contribution in [2.24, 2.45) is 17.8 Å². The lowest BCUT2D eigenvalue weighted by Gasteiger charge is -2.42. The minimum absolute atomic E-state index is 0.178. The van der Waals surface area contributed by atoms with E-state index in [0.717, 1.165) is 29.7 Å². The van der Waals surface area contributed by atoms with E-state index >= 15 is 0 Å². The summed E-state index contributed by atoms with van der Waals surface area (Å²) in [7, 11) is 1.43. The third kappa shape index (κ3) is 4.55. The van der Waals surface area contributed by atoms with E-state index < -0.39 is 5.82 Å². The molecule has 2 aliphatic carbocycles. The molecule has 0 spiro atoms. The fourth-order valence-corrected chi connectivity index (χ4v) is 5.90. The predicted octanol–water partition coefficient (Wildman–Crippen LogP) is 8.13. The molecule has 3 heteroatoms. The minimum Gasteiger partial charge on any atom is -0.494 e. The Hall–Kier alpha value is -1.90. The van der Waals surface area contributed by atoms with Crippen LogP contribution in [-0.4, -0.2) is 7.11 Å². The van der Waals surface area contributed by atoms with Crippen molar-refractivity contribution in [2.75, 3.05) is 7.11 Å². The van der Waals surface area contributed by atoms with Crippen molar-refractivity contribution in [3.8, 4) is 16.9 Å². The topological polar surface area (TPSA) is 9.23 Å². The van der Waals surface area contributed by atoms with Crippen LogP contribution in [0.15, 0.2) is 36.4 Å². The van der Waals surface area contributed by atoms with Gasteiger partial charge < -0.3 is 4.74 Å². The normalized spacial score (nSPS) is 26.3. The maximum atomic E-state index is 15.0. The van der Waals surface area contributed by atoms with Gasteiger partial charge in [-0.3, -0.25) is 0 Å². The lowest BCUT2D eigenvalue weighted by molar-refractivity contribution is 0.113. The van der Waals surface area contributed by atoms with Crippen molar-refractivity contribution in [3.05, 3.63) is 53.6 Å². The Bertz CT molecular complexity index is 862. The summed E-state index contributed by atoms with van der Waals surface area (Å²) in [5.74, 6) is 2.52. The van der Waals surface area contributed by atoms with Gasteiger partial charge in [0.25, 0.3) is 0 Å². The van der Waals surface area contributed by atoms with Crippen LogP contribution in [0.1, 0.15) is 76.2 Å². The number of methoxy groups -OCH3 is 1. The number of benzene rings is 2. The summed E-state index contributed by atoms with van der Waals surface area (Å²) >= 11 is 0. The molecule has 4 rings (SSSR count). The molecule has 4 atom stereocenters. The van der Waals surface area contributed by atoms with E-state index in [1.54, 1.807) is 18.2 Å². The molecule has 0 N–H and O–H groups in total. The van der Waals surface area contributed by atoms with Gasteiger partial charge in [-0.1, -0.05) is 50.8 Å². The maximum Gasteiger partial charge on any atom is 0.165 e. The van der Waals surface area contributed by atoms with Crippen LogP contribution in [0.4, 0.5) is 8.78 Å². The maximum absolute atomic E-state index is 15.0. The summed E-state index contributed by atoms with van der Waals surface area (Å²) in [5.41, 5.74) is 2.11. The quantitative estimate of drug-likeness (QED) is 0.465. The highest BCUT2D eigenvalue weighted by atomic mass is 19.1. The Balaban J connectivity index is 1.43. The Morgan fingerprint density at radius 3 is 2.43 bits per heavy atom. The first-order valence-electron chi connectivity index (χ1n) is 11.7. The van der Waals surface area contributed by atoms with Gasteiger partial charge in [-0.15, -0.1) is 0 Å². The van der Waals surface area contributed by atoms with E-state index in [-0.39, 0.29) is 11.6 Å². The lowest BCUT2D eigenvalue weighted by Crippen LogP contribution is -2.30. The number of ether oxygens (including phenoxy) is 1. The second-order valence-electron chi connectivity index (χ2n) is 9.44. The molecule has 0 aliphatic heterocycles. The van der Waals surface area contributed by atoms with Gasteiger partial charge in [-0.25, -0.2) is 8.78 Å². The number of halogens is 2. The molecular formula is C27H34F2O. The molecule has 2 aromatic carbocycles. The van der Waals surface area contributed by atoms with E-state index in [2.05, 4.69) is 13.0 Å². The van der Waals surface area contributed by atoms with Gasteiger partial charge in [0, 0.05) is 5.56 Å². The summed E-state index contributed by atoms with van der Waals surface area (Å²) in [6, 6.07) is 10.2. The average molecular weight is 413 g/mol. The van der Waals surface area contributed by atoms with Crippen LogP contribution in [0.5, 0.6) is 5.75 Å². The Morgan fingerprint density at radius 1 is 0.900 bits per heavy atom. The molecule has 2 aromatic rings. The molecular weight excluding hydrogens is 378 g/mol. The van der Waals surface area contributed by atoms with Gasteiger partial charge >= 0.3 is 0 Å². The van der Waals surface area contributed by atoms with E-state index in [9.17, 15) is 8.78 Å². The summed E-state index contributed by atoms with van der Waals surface area (Å²) in [6.45, 7) is 2.28. The highest BCUT2D eigenvalue weighted by Gasteiger charge is 2.35. The zero-order chi connectivity index (χ0) is 21.1. The van der Waals surface area contributed by atoms with Gasteiger partial charge in [0.15, 0.2) is 11.6 Å². The number of fused-ring (bicyclic) bond motifs is 1. The van der Waals surface area contributed by atoms with Crippen LogP contribution in [0.25, 0.3) is 11.1 Å². The Morgan fingerprint density at radius 2 is 1.70 bits per heavy atom. The first kappa shape index (κ1) is 21.3. The van der Waals surface area contributed by atoms with Crippen LogP contribution >= 0.6 is 0 Å². The van der Waals surface area contributed by atoms with Crippen molar-refractivity contribution in [1.82, 2.24) is 0 Å².